The molecule has 0 aliphatic heterocycles. The Bertz CT molecular complexity index is 696. The topological polar surface area (TPSA) is 49.4 Å². The van der Waals surface area contributed by atoms with Crippen molar-refractivity contribution in [3.63, 3.8) is 0 Å². The second-order valence-electron chi connectivity index (χ2n) is 5.66. The van der Waals surface area contributed by atoms with Gasteiger partial charge in [-0.25, -0.2) is 0 Å². The number of nitrogens with zero attached hydrogens (tertiary/aromatic N) is 1. The lowest BCUT2D eigenvalue weighted by Gasteiger charge is -2.21. The van der Waals surface area contributed by atoms with E-state index >= 15 is 0 Å². The molecular formula is C19H21BrN2O2. The summed E-state index contributed by atoms with van der Waals surface area (Å²) in [5.74, 6) is -0.0942. The first-order valence-electron chi connectivity index (χ1n) is 7.81. The van der Waals surface area contributed by atoms with E-state index in [2.05, 4.69) is 21.2 Å². The number of benzene rings is 2. The minimum atomic E-state index is -0.0508. The summed E-state index contributed by atoms with van der Waals surface area (Å²) >= 11 is 3.38. The second-order valence-corrected chi connectivity index (χ2v) is 6.58. The molecule has 0 heterocycles. The lowest BCUT2D eigenvalue weighted by atomic mass is 10.1. The van der Waals surface area contributed by atoms with Crippen LogP contribution in [-0.2, 0) is 16.0 Å². The Morgan fingerprint density at radius 2 is 1.67 bits per heavy atom. The van der Waals surface area contributed by atoms with Crippen molar-refractivity contribution in [3.05, 3.63) is 64.1 Å². The van der Waals surface area contributed by atoms with Crippen LogP contribution in [0.1, 0.15) is 18.1 Å². The summed E-state index contributed by atoms with van der Waals surface area (Å²) in [4.78, 5) is 25.5. The van der Waals surface area contributed by atoms with Crippen LogP contribution in [0.25, 0.3) is 0 Å². The van der Waals surface area contributed by atoms with Crippen LogP contribution in [0.4, 0.5) is 5.69 Å². The summed E-state index contributed by atoms with van der Waals surface area (Å²) in [6.07, 6.45) is 0.346. The number of halogens is 1. The normalized spacial score (nSPS) is 10.3. The van der Waals surface area contributed by atoms with E-state index in [4.69, 9.17) is 0 Å². The van der Waals surface area contributed by atoms with Gasteiger partial charge in [0.15, 0.2) is 0 Å². The molecule has 0 aliphatic rings. The van der Waals surface area contributed by atoms with Gasteiger partial charge in [-0.05, 0) is 36.8 Å². The van der Waals surface area contributed by atoms with Crippen molar-refractivity contribution in [3.8, 4) is 0 Å². The Labute approximate surface area is 151 Å². The summed E-state index contributed by atoms with van der Waals surface area (Å²) in [5.41, 5.74) is 2.97. The third kappa shape index (κ3) is 5.49. The van der Waals surface area contributed by atoms with Crippen LogP contribution in [0.5, 0.6) is 0 Å². The van der Waals surface area contributed by atoms with Crippen LogP contribution in [0, 0.1) is 6.92 Å². The molecule has 24 heavy (non-hydrogen) atoms. The molecule has 2 rings (SSSR count). The van der Waals surface area contributed by atoms with Crippen LogP contribution < -0.4 is 10.2 Å². The summed E-state index contributed by atoms with van der Waals surface area (Å²) in [5, 5.41) is 2.87. The van der Waals surface area contributed by atoms with E-state index in [0.29, 0.717) is 19.5 Å². The van der Waals surface area contributed by atoms with Crippen molar-refractivity contribution >= 4 is 33.4 Å². The van der Waals surface area contributed by atoms with Crippen molar-refractivity contribution in [2.45, 2.75) is 20.3 Å². The van der Waals surface area contributed by atoms with Gasteiger partial charge in [-0.1, -0.05) is 45.8 Å². The average Bonchev–Trinajstić information content (AvgIpc) is 2.54. The predicted molar refractivity (Wildman–Crippen MR) is 100 cm³/mol. The molecule has 2 amide bonds. The van der Waals surface area contributed by atoms with Gasteiger partial charge >= 0.3 is 0 Å². The highest BCUT2D eigenvalue weighted by Gasteiger charge is 2.11. The summed E-state index contributed by atoms with van der Waals surface area (Å²) in [7, 11) is 0. The van der Waals surface area contributed by atoms with E-state index in [1.165, 1.54) is 12.5 Å². The first-order valence-corrected chi connectivity index (χ1v) is 8.61. The van der Waals surface area contributed by atoms with Gasteiger partial charge in [0.2, 0.25) is 11.8 Å². The maximum absolute atomic E-state index is 12.0. The van der Waals surface area contributed by atoms with E-state index in [0.717, 1.165) is 15.7 Å². The van der Waals surface area contributed by atoms with E-state index in [1.807, 2.05) is 55.5 Å². The van der Waals surface area contributed by atoms with Gasteiger partial charge in [0.1, 0.15) is 0 Å². The average molecular weight is 389 g/mol. The summed E-state index contributed by atoms with van der Waals surface area (Å²) in [6, 6.07) is 15.4. The monoisotopic (exact) mass is 388 g/mol. The Hall–Kier alpha value is -2.14. The predicted octanol–water partition coefficient (Wildman–Crippen LogP) is 3.47. The van der Waals surface area contributed by atoms with Gasteiger partial charge in [0.05, 0.1) is 6.42 Å². The molecule has 0 unspecified atom stereocenters. The zero-order chi connectivity index (χ0) is 17.5. The SMILES string of the molecule is CC(=O)N(CCNC(=O)Cc1ccc(C)cc1)c1ccc(Br)cc1. The molecule has 0 radical (unpaired) electrons. The molecule has 0 aliphatic carbocycles. The van der Waals surface area contributed by atoms with Gasteiger partial charge in [-0.3, -0.25) is 9.59 Å². The number of nitrogens with one attached hydrogen (secondary N) is 1. The smallest absolute Gasteiger partial charge is 0.224 e. The van der Waals surface area contributed by atoms with E-state index in [9.17, 15) is 9.59 Å². The highest BCUT2D eigenvalue weighted by Crippen LogP contribution is 2.18. The molecule has 1 N–H and O–H groups in total. The van der Waals surface area contributed by atoms with Crippen LogP contribution in [0.2, 0.25) is 0 Å². The molecule has 0 saturated carbocycles. The molecule has 2 aromatic carbocycles. The van der Waals surface area contributed by atoms with E-state index in [1.54, 1.807) is 4.90 Å². The largest absolute Gasteiger partial charge is 0.354 e. The van der Waals surface area contributed by atoms with Crippen LogP contribution in [-0.4, -0.2) is 24.9 Å². The number of carbonyl (C=O) groups excluding carboxylic acids is 2. The Morgan fingerprint density at radius 1 is 1.04 bits per heavy atom. The maximum atomic E-state index is 12.0. The van der Waals surface area contributed by atoms with Gasteiger partial charge in [-0.2, -0.15) is 0 Å². The second kappa shape index (κ2) is 8.64. The van der Waals surface area contributed by atoms with Crippen molar-refractivity contribution in [2.75, 3.05) is 18.0 Å². The van der Waals surface area contributed by atoms with Crippen molar-refractivity contribution < 1.29 is 9.59 Å². The van der Waals surface area contributed by atoms with Crippen molar-refractivity contribution in [2.24, 2.45) is 0 Å². The third-order valence-corrected chi connectivity index (χ3v) is 4.19. The van der Waals surface area contributed by atoms with Crippen LogP contribution in [0.15, 0.2) is 53.0 Å². The molecule has 0 fully saturated rings. The lowest BCUT2D eigenvalue weighted by Crippen LogP contribution is -2.38. The first kappa shape index (κ1) is 18.2. The number of aryl methyl sites for hydroxylation is 1. The number of hydrogen-bond donors (Lipinski definition) is 1. The minimum Gasteiger partial charge on any atom is -0.354 e. The summed E-state index contributed by atoms with van der Waals surface area (Å²) < 4.78 is 0.959. The molecule has 126 valence electrons. The van der Waals surface area contributed by atoms with E-state index in [-0.39, 0.29) is 11.8 Å². The highest BCUT2D eigenvalue weighted by molar-refractivity contribution is 9.10. The molecule has 5 heteroatoms. The number of carbonyl (C=O) groups is 2. The maximum Gasteiger partial charge on any atom is 0.224 e. The number of anilines is 1. The Morgan fingerprint density at radius 3 is 2.25 bits per heavy atom. The highest BCUT2D eigenvalue weighted by atomic mass is 79.9. The first-order chi connectivity index (χ1) is 11.5. The van der Waals surface area contributed by atoms with E-state index < -0.39 is 0 Å². The van der Waals surface area contributed by atoms with Crippen LogP contribution in [0.3, 0.4) is 0 Å². The zero-order valence-electron chi connectivity index (χ0n) is 13.9. The molecule has 0 aromatic heterocycles. The molecule has 0 saturated heterocycles. The molecule has 0 spiro atoms. The summed E-state index contributed by atoms with van der Waals surface area (Å²) in [6.45, 7) is 4.40. The zero-order valence-corrected chi connectivity index (χ0v) is 15.5. The van der Waals surface area contributed by atoms with Crippen LogP contribution >= 0.6 is 15.9 Å². The number of rotatable bonds is 6. The van der Waals surface area contributed by atoms with Gasteiger partial charge in [0.25, 0.3) is 0 Å². The van der Waals surface area contributed by atoms with Gasteiger partial charge in [0, 0.05) is 30.2 Å². The molecule has 0 bridgehead atoms. The van der Waals surface area contributed by atoms with Gasteiger partial charge in [-0.15, -0.1) is 0 Å². The van der Waals surface area contributed by atoms with Crippen molar-refractivity contribution in [1.82, 2.24) is 5.32 Å². The number of hydrogen-bond acceptors (Lipinski definition) is 2. The molecule has 2 aromatic rings. The Kier molecular flexibility index (Phi) is 6.55. The standard InChI is InChI=1S/C19H21BrN2O2/c1-14-3-5-16(6-4-14)13-19(24)21-11-12-22(15(2)23)18-9-7-17(20)8-10-18/h3-10H,11-13H2,1-2H3,(H,21,24). The third-order valence-electron chi connectivity index (χ3n) is 3.66. The quantitative estimate of drug-likeness (QED) is 0.823. The Balaban J connectivity index is 1.86. The molecule has 4 nitrogen and oxygen atoms in total. The fourth-order valence-corrected chi connectivity index (χ4v) is 2.61. The van der Waals surface area contributed by atoms with Crippen molar-refractivity contribution in [1.29, 1.82) is 0 Å². The lowest BCUT2D eigenvalue weighted by molar-refractivity contribution is -0.121. The minimum absolute atomic E-state index is 0.0434. The number of amides is 2. The fraction of sp³-hybridized carbons (Fsp3) is 0.263. The molecule has 0 atom stereocenters. The fourth-order valence-electron chi connectivity index (χ4n) is 2.35. The van der Waals surface area contributed by atoms with Gasteiger partial charge < -0.3 is 10.2 Å². The molecular weight excluding hydrogens is 368 g/mol.